The normalized spacial score (nSPS) is 16.2. The third-order valence-electron chi connectivity index (χ3n) is 3.86. The van der Waals surface area contributed by atoms with Crippen LogP contribution in [0.25, 0.3) is 0 Å². The summed E-state index contributed by atoms with van der Waals surface area (Å²) in [5.74, 6) is 1.35. The minimum Gasteiger partial charge on any atom is -0.493 e. The molecule has 5 heteroatoms. The highest BCUT2D eigenvalue weighted by Crippen LogP contribution is 2.36. The molecule has 0 bridgehead atoms. The Bertz CT molecular complexity index is 501. The lowest BCUT2D eigenvalue weighted by molar-refractivity contribution is -0.146. The van der Waals surface area contributed by atoms with E-state index in [1.165, 1.54) is 18.2 Å². The van der Waals surface area contributed by atoms with E-state index >= 15 is 0 Å². The third kappa shape index (κ3) is 2.58. The van der Waals surface area contributed by atoms with Crippen LogP contribution in [0, 0.1) is 0 Å². The zero-order valence-corrected chi connectivity index (χ0v) is 12.4. The molecule has 1 aromatic rings. The van der Waals surface area contributed by atoms with Gasteiger partial charge in [0, 0.05) is 18.7 Å². The van der Waals surface area contributed by atoms with Gasteiger partial charge in [0.15, 0.2) is 11.5 Å². The maximum Gasteiger partial charge on any atom is 0.322 e. The molecular weight excluding hydrogens is 258 g/mol. The van der Waals surface area contributed by atoms with Gasteiger partial charge in [0.25, 0.3) is 0 Å². The number of carbonyl (C=O) groups is 1. The first-order chi connectivity index (χ1) is 9.62. The van der Waals surface area contributed by atoms with Gasteiger partial charge in [-0.2, -0.15) is 0 Å². The van der Waals surface area contributed by atoms with Crippen LogP contribution < -0.4 is 9.47 Å². The van der Waals surface area contributed by atoms with Gasteiger partial charge in [-0.1, -0.05) is 6.07 Å². The molecule has 1 aromatic carbocycles. The number of ether oxygens (including phenoxy) is 3. The summed E-state index contributed by atoms with van der Waals surface area (Å²) in [7, 11) is 4.71. The number of benzene rings is 1. The molecule has 110 valence electrons. The highest BCUT2D eigenvalue weighted by atomic mass is 16.5. The van der Waals surface area contributed by atoms with Gasteiger partial charge in [0.05, 0.1) is 21.3 Å². The summed E-state index contributed by atoms with van der Waals surface area (Å²) >= 11 is 0. The Hall–Kier alpha value is -1.75. The molecule has 1 aliphatic heterocycles. The van der Waals surface area contributed by atoms with Crippen molar-refractivity contribution < 1.29 is 19.0 Å². The Morgan fingerprint density at radius 1 is 1.25 bits per heavy atom. The molecule has 0 fully saturated rings. The Kier molecular flexibility index (Phi) is 4.49. The Morgan fingerprint density at radius 3 is 2.60 bits per heavy atom. The number of carbonyl (C=O) groups excluding carboxylic acids is 1. The SMILES string of the molecule is COC(=O)C(C)N1CCc2c(ccc(OC)c2OC)C1. The number of hydrogen-bond donors (Lipinski definition) is 0. The predicted molar refractivity (Wildman–Crippen MR) is 75.1 cm³/mol. The van der Waals surface area contributed by atoms with Crippen LogP contribution in [-0.4, -0.2) is 44.8 Å². The van der Waals surface area contributed by atoms with Crippen LogP contribution in [0.5, 0.6) is 11.5 Å². The number of hydrogen-bond acceptors (Lipinski definition) is 5. The molecule has 0 saturated carbocycles. The van der Waals surface area contributed by atoms with E-state index in [2.05, 4.69) is 4.90 Å². The lowest BCUT2D eigenvalue weighted by Gasteiger charge is -2.33. The molecule has 20 heavy (non-hydrogen) atoms. The monoisotopic (exact) mass is 279 g/mol. The first-order valence-corrected chi connectivity index (χ1v) is 6.67. The Balaban J connectivity index is 2.25. The van der Waals surface area contributed by atoms with Crippen molar-refractivity contribution in [1.82, 2.24) is 4.90 Å². The molecule has 1 atom stereocenters. The first-order valence-electron chi connectivity index (χ1n) is 6.67. The number of esters is 1. The lowest BCUT2D eigenvalue weighted by atomic mass is 9.97. The summed E-state index contributed by atoms with van der Waals surface area (Å²) in [6.07, 6.45) is 0.830. The summed E-state index contributed by atoms with van der Waals surface area (Å²) in [5.41, 5.74) is 2.34. The van der Waals surface area contributed by atoms with Gasteiger partial charge in [0.2, 0.25) is 0 Å². The van der Waals surface area contributed by atoms with Gasteiger partial charge in [-0.05, 0) is 25.0 Å². The number of nitrogens with zero attached hydrogens (tertiary/aromatic N) is 1. The molecule has 0 radical (unpaired) electrons. The van der Waals surface area contributed by atoms with E-state index < -0.39 is 0 Å². The van der Waals surface area contributed by atoms with Crippen molar-refractivity contribution in [3.63, 3.8) is 0 Å². The van der Waals surface area contributed by atoms with E-state index in [0.717, 1.165) is 24.5 Å². The van der Waals surface area contributed by atoms with Gasteiger partial charge < -0.3 is 14.2 Å². The second kappa shape index (κ2) is 6.13. The standard InChI is InChI=1S/C15H21NO4/c1-10(15(17)20-4)16-8-7-12-11(9-16)5-6-13(18-2)14(12)19-3/h5-6,10H,7-9H2,1-4H3. The fourth-order valence-corrected chi connectivity index (χ4v) is 2.66. The summed E-state index contributed by atoms with van der Waals surface area (Å²) in [6.45, 7) is 3.39. The van der Waals surface area contributed by atoms with Crippen molar-refractivity contribution in [2.45, 2.75) is 25.9 Å². The van der Waals surface area contributed by atoms with Crippen molar-refractivity contribution in [2.24, 2.45) is 0 Å². The van der Waals surface area contributed by atoms with Crippen LogP contribution in [0.15, 0.2) is 12.1 Å². The molecule has 0 spiro atoms. The van der Waals surface area contributed by atoms with Gasteiger partial charge >= 0.3 is 5.97 Å². The minimum absolute atomic E-state index is 0.200. The molecule has 5 nitrogen and oxygen atoms in total. The highest BCUT2D eigenvalue weighted by molar-refractivity contribution is 5.75. The molecular formula is C15H21NO4. The van der Waals surface area contributed by atoms with Crippen LogP contribution in [0.4, 0.5) is 0 Å². The van der Waals surface area contributed by atoms with Crippen LogP contribution in [0.3, 0.4) is 0 Å². The van der Waals surface area contributed by atoms with Crippen molar-refractivity contribution in [3.8, 4) is 11.5 Å². The Morgan fingerprint density at radius 2 is 2.00 bits per heavy atom. The van der Waals surface area contributed by atoms with Crippen LogP contribution >= 0.6 is 0 Å². The van der Waals surface area contributed by atoms with Crippen molar-refractivity contribution >= 4 is 5.97 Å². The highest BCUT2D eigenvalue weighted by Gasteiger charge is 2.28. The van der Waals surface area contributed by atoms with Crippen LogP contribution in [-0.2, 0) is 22.5 Å². The van der Waals surface area contributed by atoms with E-state index in [-0.39, 0.29) is 12.0 Å². The zero-order chi connectivity index (χ0) is 14.7. The second-order valence-corrected chi connectivity index (χ2v) is 4.86. The molecule has 0 aromatic heterocycles. The molecule has 1 heterocycles. The fourth-order valence-electron chi connectivity index (χ4n) is 2.66. The average molecular weight is 279 g/mol. The van der Waals surface area contributed by atoms with Crippen molar-refractivity contribution in [3.05, 3.63) is 23.3 Å². The van der Waals surface area contributed by atoms with Gasteiger partial charge in [0.1, 0.15) is 6.04 Å². The molecule has 0 aliphatic carbocycles. The van der Waals surface area contributed by atoms with Gasteiger partial charge in [-0.25, -0.2) is 0 Å². The molecule has 1 aliphatic rings. The lowest BCUT2D eigenvalue weighted by Crippen LogP contribution is -2.42. The number of methoxy groups -OCH3 is 3. The maximum atomic E-state index is 11.6. The van der Waals surface area contributed by atoms with E-state index in [9.17, 15) is 4.79 Å². The quantitative estimate of drug-likeness (QED) is 0.784. The van der Waals surface area contributed by atoms with Crippen molar-refractivity contribution in [1.29, 1.82) is 0 Å². The third-order valence-corrected chi connectivity index (χ3v) is 3.86. The van der Waals surface area contributed by atoms with Crippen LogP contribution in [0.2, 0.25) is 0 Å². The molecule has 0 N–H and O–H groups in total. The van der Waals surface area contributed by atoms with E-state index in [0.29, 0.717) is 6.54 Å². The fraction of sp³-hybridized carbons (Fsp3) is 0.533. The molecule has 0 amide bonds. The smallest absolute Gasteiger partial charge is 0.322 e. The molecule has 0 saturated heterocycles. The predicted octanol–water partition coefficient (Wildman–Crippen LogP) is 1.62. The number of fused-ring (bicyclic) bond motifs is 1. The van der Waals surface area contributed by atoms with E-state index in [1.807, 2.05) is 19.1 Å². The van der Waals surface area contributed by atoms with Crippen molar-refractivity contribution in [2.75, 3.05) is 27.9 Å². The average Bonchev–Trinajstić information content (AvgIpc) is 2.51. The van der Waals surface area contributed by atoms with E-state index in [4.69, 9.17) is 14.2 Å². The zero-order valence-electron chi connectivity index (χ0n) is 12.4. The maximum absolute atomic E-state index is 11.6. The molecule has 1 unspecified atom stereocenters. The second-order valence-electron chi connectivity index (χ2n) is 4.86. The topological polar surface area (TPSA) is 48.0 Å². The van der Waals surface area contributed by atoms with Crippen LogP contribution in [0.1, 0.15) is 18.1 Å². The summed E-state index contributed by atoms with van der Waals surface area (Å²) in [4.78, 5) is 13.7. The first kappa shape index (κ1) is 14.7. The van der Waals surface area contributed by atoms with Gasteiger partial charge in [-0.15, -0.1) is 0 Å². The number of rotatable bonds is 4. The molecule has 2 rings (SSSR count). The Labute approximate surface area is 119 Å². The van der Waals surface area contributed by atoms with Gasteiger partial charge in [-0.3, -0.25) is 9.69 Å². The summed E-state index contributed by atoms with van der Waals surface area (Å²) < 4.78 is 15.6. The largest absolute Gasteiger partial charge is 0.493 e. The summed E-state index contributed by atoms with van der Waals surface area (Å²) in [5, 5.41) is 0. The minimum atomic E-state index is -0.235. The van der Waals surface area contributed by atoms with E-state index in [1.54, 1.807) is 14.2 Å². The summed E-state index contributed by atoms with van der Waals surface area (Å²) in [6, 6.07) is 3.71.